The van der Waals surface area contributed by atoms with Crippen LogP contribution in [0.4, 0.5) is 0 Å². The van der Waals surface area contributed by atoms with Crippen LogP contribution in [0.25, 0.3) is 0 Å². The maximum atomic E-state index is 12.3. The molecule has 0 spiro atoms. The largest absolute Gasteiger partial charge is 0.396 e. The van der Waals surface area contributed by atoms with Crippen molar-refractivity contribution in [1.82, 2.24) is 0 Å². The lowest BCUT2D eigenvalue weighted by atomic mass is 9.43. The molecule has 252 valence electrons. The van der Waals surface area contributed by atoms with E-state index in [1.165, 1.54) is 30.4 Å². The van der Waals surface area contributed by atoms with Crippen LogP contribution in [-0.4, -0.2) is 46.8 Å². The molecule has 7 rings (SSSR count). The Morgan fingerprint density at radius 2 is 1.54 bits per heavy atom. The number of aliphatic hydroxyl groups is 2. The molecule has 2 aromatic carbocycles. The minimum atomic E-state index is -0.880. The van der Waals surface area contributed by atoms with Crippen LogP contribution in [0, 0.1) is 46.3 Å². The molecule has 5 aliphatic rings. The fourth-order valence-corrected chi connectivity index (χ4v) is 11.8. The van der Waals surface area contributed by atoms with Crippen molar-refractivity contribution in [3.05, 3.63) is 71.8 Å². The highest BCUT2D eigenvalue weighted by molar-refractivity contribution is 5.20. The summed E-state index contributed by atoms with van der Waals surface area (Å²) in [5.74, 6) is 2.61. The minimum Gasteiger partial charge on any atom is -0.396 e. The molecule has 0 amide bonds. The monoisotopic (exact) mass is 630 g/mol. The predicted molar refractivity (Wildman–Crippen MR) is 181 cm³/mol. The topological polar surface area (TPSA) is 68.2 Å². The van der Waals surface area contributed by atoms with Crippen molar-refractivity contribution < 1.29 is 24.4 Å². The van der Waals surface area contributed by atoms with Crippen LogP contribution >= 0.6 is 0 Å². The molecule has 5 nitrogen and oxygen atoms in total. The van der Waals surface area contributed by atoms with E-state index in [1.54, 1.807) is 0 Å². The molecule has 5 heteroatoms. The van der Waals surface area contributed by atoms with E-state index < -0.39 is 5.60 Å². The number of aliphatic hydroxyl groups excluding tert-OH is 1. The standard InChI is InChI=1S/C41H58O5/c1-27(24-42)15-18-36-41(4,43)38-34(46-36)22-33-32-17-16-30-21-31(44-25-28-11-7-5-8-12-28)19-20-39(30,2)37(32)35(23-40(33,38)3)45-26-29-13-9-6-10-14-29/h5-14,27,30-38,42-43H,15-26H2,1-4H3/t27-,30+,31-,32+,33+,34+,35+,36+,37-,38+,39+,40+,41+/m1/s1. The van der Waals surface area contributed by atoms with Crippen LogP contribution in [0.3, 0.4) is 0 Å². The van der Waals surface area contributed by atoms with E-state index in [9.17, 15) is 10.2 Å². The lowest BCUT2D eigenvalue weighted by molar-refractivity contribution is -0.208. The quantitative estimate of drug-likeness (QED) is 0.279. The fraction of sp³-hybridized carbons (Fsp3) is 0.707. The van der Waals surface area contributed by atoms with Gasteiger partial charge >= 0.3 is 0 Å². The first kappa shape index (κ1) is 32.8. The third kappa shape index (κ3) is 5.81. The molecule has 0 radical (unpaired) electrons. The molecule has 4 saturated carbocycles. The number of fused-ring (bicyclic) bond motifs is 7. The summed E-state index contributed by atoms with van der Waals surface area (Å²) in [5, 5.41) is 21.9. The van der Waals surface area contributed by atoms with E-state index >= 15 is 0 Å². The summed E-state index contributed by atoms with van der Waals surface area (Å²) in [6, 6.07) is 21.3. The molecule has 13 atom stereocenters. The van der Waals surface area contributed by atoms with Crippen molar-refractivity contribution in [2.75, 3.05) is 6.61 Å². The number of hydrogen-bond acceptors (Lipinski definition) is 5. The van der Waals surface area contributed by atoms with Crippen LogP contribution in [0.2, 0.25) is 0 Å². The molecule has 2 N–H and O–H groups in total. The van der Waals surface area contributed by atoms with Crippen LogP contribution in [-0.2, 0) is 27.4 Å². The molecular weight excluding hydrogens is 572 g/mol. The first-order valence-corrected chi connectivity index (χ1v) is 18.4. The van der Waals surface area contributed by atoms with Gasteiger partial charge < -0.3 is 24.4 Å². The molecule has 0 bridgehead atoms. The van der Waals surface area contributed by atoms with E-state index in [-0.39, 0.29) is 47.6 Å². The van der Waals surface area contributed by atoms with Gasteiger partial charge in [-0.1, -0.05) is 81.4 Å². The average molecular weight is 631 g/mol. The van der Waals surface area contributed by atoms with Crippen molar-refractivity contribution >= 4 is 0 Å². The second kappa shape index (κ2) is 12.9. The van der Waals surface area contributed by atoms with Crippen LogP contribution in [0.5, 0.6) is 0 Å². The van der Waals surface area contributed by atoms with Gasteiger partial charge in [0.1, 0.15) is 0 Å². The zero-order valence-electron chi connectivity index (χ0n) is 28.7. The third-order valence-corrected chi connectivity index (χ3v) is 14.0. The van der Waals surface area contributed by atoms with Gasteiger partial charge in [-0.15, -0.1) is 0 Å². The fourth-order valence-electron chi connectivity index (χ4n) is 11.8. The average Bonchev–Trinajstić information content (AvgIpc) is 3.51. The van der Waals surface area contributed by atoms with E-state index in [1.807, 2.05) is 0 Å². The maximum Gasteiger partial charge on any atom is 0.0938 e. The molecular formula is C41H58O5. The molecule has 2 aromatic rings. The Morgan fingerprint density at radius 1 is 0.870 bits per heavy atom. The maximum absolute atomic E-state index is 12.3. The molecule has 0 unspecified atom stereocenters. The zero-order chi connectivity index (χ0) is 32.1. The number of hydrogen-bond donors (Lipinski definition) is 2. The highest BCUT2D eigenvalue weighted by Gasteiger charge is 2.71. The van der Waals surface area contributed by atoms with Crippen LogP contribution in [0.1, 0.15) is 96.6 Å². The van der Waals surface area contributed by atoms with E-state index in [0.29, 0.717) is 43.0 Å². The van der Waals surface area contributed by atoms with Gasteiger partial charge in [0.25, 0.3) is 0 Å². The first-order valence-electron chi connectivity index (χ1n) is 18.4. The van der Waals surface area contributed by atoms with Gasteiger partial charge in [-0.25, -0.2) is 0 Å². The molecule has 1 saturated heterocycles. The Bertz CT molecular complexity index is 1300. The predicted octanol–water partition coefficient (Wildman–Crippen LogP) is 7.96. The number of rotatable bonds is 10. The van der Waals surface area contributed by atoms with Crippen molar-refractivity contribution in [1.29, 1.82) is 0 Å². The Labute approximate surface area is 277 Å². The van der Waals surface area contributed by atoms with Gasteiger partial charge in [-0.05, 0) is 116 Å². The summed E-state index contributed by atoms with van der Waals surface area (Å²) in [6.45, 7) is 10.7. The Morgan fingerprint density at radius 3 is 2.22 bits per heavy atom. The first-order chi connectivity index (χ1) is 22.1. The number of benzene rings is 2. The normalized spacial score (nSPS) is 43.7. The Hall–Kier alpha value is -1.76. The van der Waals surface area contributed by atoms with Crippen molar-refractivity contribution in [3.63, 3.8) is 0 Å². The summed E-state index contributed by atoms with van der Waals surface area (Å²) < 4.78 is 20.5. The Kier molecular flexibility index (Phi) is 9.21. The van der Waals surface area contributed by atoms with Gasteiger partial charge in [-0.3, -0.25) is 0 Å². The van der Waals surface area contributed by atoms with Gasteiger partial charge in [0, 0.05) is 12.5 Å². The van der Waals surface area contributed by atoms with Crippen LogP contribution < -0.4 is 0 Å². The lowest BCUT2D eigenvalue weighted by Gasteiger charge is -2.63. The lowest BCUT2D eigenvalue weighted by Crippen LogP contribution is -2.61. The van der Waals surface area contributed by atoms with E-state index in [0.717, 1.165) is 38.5 Å². The van der Waals surface area contributed by atoms with Crippen molar-refractivity contribution in [2.45, 2.75) is 129 Å². The van der Waals surface area contributed by atoms with Gasteiger partial charge in [0.05, 0.1) is 43.2 Å². The highest BCUT2D eigenvalue weighted by atomic mass is 16.5. The van der Waals surface area contributed by atoms with Crippen molar-refractivity contribution in [3.8, 4) is 0 Å². The SMILES string of the molecule is C[C@@H](CO)CC[C@@H]1O[C@H]2C[C@H]3[C@@H]4CC[C@H]5C[C@H](OCc6ccccc6)CC[C@]5(C)[C@H]4[C@@H](OCc4ccccc4)C[C@]3(C)[C@H]2[C@@]1(C)O. The molecule has 1 aliphatic heterocycles. The smallest absolute Gasteiger partial charge is 0.0938 e. The highest BCUT2D eigenvalue weighted by Crippen LogP contribution is 2.71. The molecule has 5 fully saturated rings. The van der Waals surface area contributed by atoms with E-state index in [2.05, 4.69) is 88.4 Å². The number of ether oxygens (including phenoxy) is 3. The summed E-state index contributed by atoms with van der Waals surface area (Å²) >= 11 is 0. The second-order valence-corrected chi connectivity index (χ2v) is 16.8. The van der Waals surface area contributed by atoms with E-state index in [4.69, 9.17) is 14.2 Å². The van der Waals surface area contributed by atoms with Gasteiger partial charge in [-0.2, -0.15) is 0 Å². The molecule has 1 heterocycles. The zero-order valence-corrected chi connectivity index (χ0v) is 28.7. The van der Waals surface area contributed by atoms with Gasteiger partial charge in [0.2, 0.25) is 0 Å². The molecule has 46 heavy (non-hydrogen) atoms. The third-order valence-electron chi connectivity index (χ3n) is 14.0. The van der Waals surface area contributed by atoms with Gasteiger partial charge in [0.15, 0.2) is 0 Å². The molecule has 0 aromatic heterocycles. The summed E-state index contributed by atoms with van der Waals surface area (Å²) in [6.07, 6.45) is 10.1. The summed E-state index contributed by atoms with van der Waals surface area (Å²) in [5.41, 5.74) is 1.81. The molecule has 4 aliphatic carbocycles. The van der Waals surface area contributed by atoms with Crippen molar-refractivity contribution in [2.24, 2.45) is 46.3 Å². The van der Waals surface area contributed by atoms with Crippen LogP contribution in [0.15, 0.2) is 60.7 Å². The Balaban J connectivity index is 1.13. The minimum absolute atomic E-state index is 0.0345. The second-order valence-electron chi connectivity index (χ2n) is 16.8. The summed E-state index contributed by atoms with van der Waals surface area (Å²) in [7, 11) is 0. The summed E-state index contributed by atoms with van der Waals surface area (Å²) in [4.78, 5) is 0.